The first-order chi connectivity index (χ1) is 17.3. The average Bonchev–Trinajstić information content (AvgIpc) is 3.19. The Balaban J connectivity index is 1.99. The number of amides is 1. The number of nitrogens with one attached hydrogen (secondary N) is 3. The molecule has 0 fully saturated rings. The molecule has 2 heterocycles. The van der Waals surface area contributed by atoms with Gasteiger partial charge >= 0.3 is 0 Å². The van der Waals surface area contributed by atoms with Crippen LogP contribution in [0.5, 0.6) is 0 Å². The lowest BCUT2D eigenvalue weighted by molar-refractivity contribution is 0.100. The number of hydrogen-bond donors (Lipinski definition) is 5. The van der Waals surface area contributed by atoms with Gasteiger partial charge in [0.25, 0.3) is 5.91 Å². The number of carbonyl (C=O) groups is 1. The van der Waals surface area contributed by atoms with Crippen LogP contribution in [0, 0.1) is 5.82 Å². The number of aromatic nitrogens is 3. The molecule has 3 aromatic rings. The van der Waals surface area contributed by atoms with Crippen LogP contribution in [0.15, 0.2) is 24.3 Å². The highest BCUT2D eigenvalue weighted by molar-refractivity contribution is 5.99. The predicted octanol–water partition coefficient (Wildman–Crippen LogP) is 2.66. The Labute approximate surface area is 209 Å². The summed E-state index contributed by atoms with van der Waals surface area (Å²) >= 11 is 0. The summed E-state index contributed by atoms with van der Waals surface area (Å²) in [4.78, 5) is 16.4. The lowest BCUT2D eigenvalue weighted by Gasteiger charge is -2.22. The lowest BCUT2D eigenvalue weighted by Crippen LogP contribution is -2.38. The third-order valence-electron chi connectivity index (χ3n) is 5.76. The van der Waals surface area contributed by atoms with Crippen LogP contribution < -0.4 is 27.4 Å². The highest BCUT2D eigenvalue weighted by Gasteiger charge is 2.20. The van der Waals surface area contributed by atoms with E-state index in [1.54, 1.807) is 14.2 Å². The first-order valence-electron chi connectivity index (χ1n) is 11.8. The molecule has 0 unspecified atom stereocenters. The standard InChI is InChI=1S/C24H35FN8O3/c1-5-19(14(2)26)30-24-18(25)13-17(21(27)34)23(31-24)29-15-6-7-20-16(12-15)22(28-8-10-35-3)32-33(20)9-11-36-4/h6-7,12-14,19H,5,8-11,26H2,1-4H3,(H2,27,34)(H,28,32)(H2,29,30,31)/t14-,19+/m0/s1. The molecular formula is C24H35FN8O3. The Hall–Kier alpha value is -3.48. The highest BCUT2D eigenvalue weighted by atomic mass is 19.1. The fraction of sp³-hybridized carbons (Fsp3) is 0.458. The number of benzene rings is 1. The second-order valence-electron chi connectivity index (χ2n) is 8.44. The van der Waals surface area contributed by atoms with Gasteiger partial charge in [0.15, 0.2) is 17.5 Å². The average molecular weight is 503 g/mol. The van der Waals surface area contributed by atoms with E-state index in [2.05, 4.69) is 26.0 Å². The van der Waals surface area contributed by atoms with Crippen molar-refractivity contribution in [2.24, 2.45) is 11.5 Å². The quantitative estimate of drug-likeness (QED) is 0.209. The van der Waals surface area contributed by atoms with Gasteiger partial charge in [0.1, 0.15) is 5.82 Å². The number of rotatable bonds is 14. The first-order valence-corrected chi connectivity index (χ1v) is 11.8. The molecule has 0 bridgehead atoms. The van der Waals surface area contributed by atoms with Crippen molar-refractivity contribution in [1.82, 2.24) is 14.8 Å². The first kappa shape index (κ1) is 27.1. The van der Waals surface area contributed by atoms with E-state index in [1.807, 2.05) is 36.7 Å². The van der Waals surface area contributed by atoms with E-state index in [1.165, 1.54) is 0 Å². The van der Waals surface area contributed by atoms with Crippen LogP contribution in [-0.2, 0) is 16.0 Å². The minimum atomic E-state index is -0.801. The van der Waals surface area contributed by atoms with Crippen LogP contribution in [-0.4, -0.2) is 66.7 Å². The highest BCUT2D eigenvalue weighted by Crippen LogP contribution is 2.30. The number of methoxy groups -OCH3 is 2. The second-order valence-corrected chi connectivity index (χ2v) is 8.44. The molecule has 0 saturated heterocycles. The van der Waals surface area contributed by atoms with Crippen molar-refractivity contribution < 1.29 is 18.7 Å². The van der Waals surface area contributed by atoms with E-state index in [-0.39, 0.29) is 29.3 Å². The van der Waals surface area contributed by atoms with Gasteiger partial charge in [0.05, 0.1) is 30.8 Å². The molecule has 7 N–H and O–H groups in total. The Morgan fingerprint density at radius 2 is 1.92 bits per heavy atom. The van der Waals surface area contributed by atoms with E-state index in [0.717, 1.165) is 17.0 Å². The van der Waals surface area contributed by atoms with Gasteiger partial charge in [-0.05, 0) is 37.6 Å². The molecule has 2 aromatic heterocycles. The van der Waals surface area contributed by atoms with Gasteiger partial charge < -0.3 is 36.9 Å². The van der Waals surface area contributed by atoms with Crippen molar-refractivity contribution in [3.63, 3.8) is 0 Å². The van der Waals surface area contributed by atoms with Crippen molar-refractivity contribution in [3.8, 4) is 0 Å². The van der Waals surface area contributed by atoms with E-state index in [9.17, 15) is 9.18 Å². The smallest absolute Gasteiger partial charge is 0.252 e. The third kappa shape index (κ3) is 6.39. The molecule has 3 rings (SSSR count). The number of pyridine rings is 1. The summed E-state index contributed by atoms with van der Waals surface area (Å²) in [6.45, 7) is 5.94. The summed E-state index contributed by atoms with van der Waals surface area (Å²) in [6.07, 6.45) is 0.668. The zero-order valence-corrected chi connectivity index (χ0v) is 21.1. The summed E-state index contributed by atoms with van der Waals surface area (Å²) < 4.78 is 26.9. The zero-order valence-electron chi connectivity index (χ0n) is 21.1. The Morgan fingerprint density at radius 3 is 2.56 bits per heavy atom. The largest absolute Gasteiger partial charge is 0.383 e. The van der Waals surface area contributed by atoms with Crippen LogP contribution in [0.3, 0.4) is 0 Å². The fourth-order valence-corrected chi connectivity index (χ4v) is 3.80. The summed E-state index contributed by atoms with van der Waals surface area (Å²) in [6, 6.07) is 6.25. The van der Waals surface area contributed by atoms with Gasteiger partial charge in [-0.2, -0.15) is 5.10 Å². The number of anilines is 4. The van der Waals surface area contributed by atoms with Crippen LogP contribution in [0.1, 0.15) is 30.6 Å². The van der Waals surface area contributed by atoms with Crippen LogP contribution in [0.2, 0.25) is 0 Å². The van der Waals surface area contributed by atoms with Gasteiger partial charge in [0.2, 0.25) is 0 Å². The lowest BCUT2D eigenvalue weighted by atomic mass is 10.1. The molecule has 0 aliphatic heterocycles. The molecule has 11 nitrogen and oxygen atoms in total. The molecule has 12 heteroatoms. The van der Waals surface area contributed by atoms with Gasteiger partial charge in [-0.3, -0.25) is 9.48 Å². The molecule has 0 aliphatic carbocycles. The third-order valence-corrected chi connectivity index (χ3v) is 5.76. The molecule has 0 saturated carbocycles. The number of ether oxygens (including phenoxy) is 2. The van der Waals surface area contributed by atoms with Crippen molar-refractivity contribution >= 4 is 40.0 Å². The number of carbonyl (C=O) groups excluding carboxylic acids is 1. The fourth-order valence-electron chi connectivity index (χ4n) is 3.80. The molecule has 196 valence electrons. The topological polar surface area (TPSA) is 154 Å². The van der Waals surface area contributed by atoms with E-state index in [4.69, 9.17) is 20.9 Å². The monoisotopic (exact) mass is 502 g/mol. The van der Waals surface area contributed by atoms with Crippen molar-refractivity contribution in [2.45, 2.75) is 38.9 Å². The van der Waals surface area contributed by atoms with E-state index in [0.29, 0.717) is 44.2 Å². The summed E-state index contributed by atoms with van der Waals surface area (Å²) in [5, 5.41) is 14.9. The summed E-state index contributed by atoms with van der Waals surface area (Å²) in [5.41, 5.74) is 13.0. The molecule has 1 aromatic carbocycles. The predicted molar refractivity (Wildman–Crippen MR) is 139 cm³/mol. The maximum Gasteiger partial charge on any atom is 0.252 e. The minimum absolute atomic E-state index is 0.0120. The normalized spacial score (nSPS) is 12.9. The maximum absolute atomic E-state index is 14.8. The van der Waals surface area contributed by atoms with Crippen LogP contribution in [0.25, 0.3) is 10.9 Å². The molecule has 36 heavy (non-hydrogen) atoms. The SMILES string of the molecule is CC[C@@H](Nc1nc(Nc2ccc3c(c2)c(NCCOC)nn3CCOC)c(C(N)=O)cc1F)[C@H](C)N. The van der Waals surface area contributed by atoms with E-state index < -0.39 is 11.7 Å². The van der Waals surface area contributed by atoms with Gasteiger partial charge in [-0.1, -0.05) is 6.92 Å². The Bertz CT molecular complexity index is 1180. The number of hydrogen-bond acceptors (Lipinski definition) is 9. The summed E-state index contributed by atoms with van der Waals surface area (Å²) in [5.74, 6) is -0.694. The summed E-state index contributed by atoms with van der Waals surface area (Å²) in [7, 11) is 3.27. The molecule has 0 aliphatic rings. The molecule has 0 radical (unpaired) electrons. The molecule has 2 atom stereocenters. The minimum Gasteiger partial charge on any atom is -0.383 e. The Kier molecular flexibility index (Phi) is 9.39. The van der Waals surface area contributed by atoms with Crippen molar-refractivity contribution in [1.29, 1.82) is 0 Å². The maximum atomic E-state index is 14.8. The van der Waals surface area contributed by atoms with Crippen molar-refractivity contribution in [3.05, 3.63) is 35.6 Å². The number of nitrogens with zero attached hydrogens (tertiary/aromatic N) is 3. The van der Waals surface area contributed by atoms with Crippen LogP contribution in [0.4, 0.5) is 27.5 Å². The molecular weight excluding hydrogens is 467 g/mol. The molecule has 0 spiro atoms. The zero-order chi connectivity index (χ0) is 26.2. The van der Waals surface area contributed by atoms with E-state index >= 15 is 0 Å². The number of primary amides is 1. The van der Waals surface area contributed by atoms with Crippen molar-refractivity contribution in [2.75, 3.05) is 49.9 Å². The molecule has 1 amide bonds. The van der Waals surface area contributed by atoms with Crippen LogP contribution >= 0.6 is 0 Å². The second kappa shape index (κ2) is 12.5. The number of fused-ring (bicyclic) bond motifs is 1. The van der Waals surface area contributed by atoms with Gasteiger partial charge in [-0.15, -0.1) is 0 Å². The van der Waals surface area contributed by atoms with Gasteiger partial charge in [-0.25, -0.2) is 9.37 Å². The number of halogens is 1. The number of nitrogens with two attached hydrogens (primary N) is 2. The Morgan fingerprint density at radius 1 is 1.17 bits per heavy atom. The van der Waals surface area contributed by atoms with Gasteiger partial charge in [0, 0.05) is 43.9 Å².